The minimum atomic E-state index is -4.73. The molecular weight excluding hydrogens is 270 g/mol. The maximum absolute atomic E-state index is 11.5. The van der Waals surface area contributed by atoms with E-state index in [0.717, 1.165) is 0 Å². The molecule has 0 aromatic heterocycles. The van der Waals surface area contributed by atoms with Crippen molar-refractivity contribution in [1.29, 1.82) is 0 Å². The van der Waals surface area contributed by atoms with E-state index in [1.54, 1.807) is 0 Å². The molecule has 0 saturated carbocycles. The molecule has 0 atom stereocenters. The second kappa shape index (κ2) is 3.12. The van der Waals surface area contributed by atoms with Gasteiger partial charge in [0.15, 0.2) is 5.75 Å². The first-order valence-electron chi connectivity index (χ1n) is 4.53. The maximum Gasteiger partial charge on any atom is 0.298 e. The normalized spacial score (nSPS) is 16.6. The number of nitrogens with two attached hydrogens (primary N) is 1. The Labute approximate surface area is 97.5 Å². The van der Waals surface area contributed by atoms with Crippen LogP contribution in [-0.2, 0) is 26.4 Å². The summed E-state index contributed by atoms with van der Waals surface area (Å²) in [5, 5.41) is 9.56. The van der Waals surface area contributed by atoms with Gasteiger partial charge in [-0.05, 0) is 12.0 Å². The lowest BCUT2D eigenvalue weighted by Gasteiger charge is -2.06. The highest BCUT2D eigenvalue weighted by molar-refractivity contribution is 7.97. The molecule has 4 N–H and O–H groups in total. The molecular formula is C8H9NO6S2. The average Bonchev–Trinajstić information content (AvgIpc) is 2.73. The van der Waals surface area contributed by atoms with Gasteiger partial charge in [-0.25, -0.2) is 8.42 Å². The van der Waals surface area contributed by atoms with Crippen LogP contribution in [-0.4, -0.2) is 26.5 Å². The molecule has 7 nitrogen and oxygen atoms in total. The second-order valence-electron chi connectivity index (χ2n) is 3.56. The van der Waals surface area contributed by atoms with E-state index in [4.69, 9.17) is 10.3 Å². The van der Waals surface area contributed by atoms with E-state index >= 15 is 0 Å². The first kappa shape index (κ1) is 12.1. The molecule has 0 fully saturated rings. The number of nitrogen functional groups attached to an aromatic ring is 1. The summed E-state index contributed by atoms with van der Waals surface area (Å²) >= 11 is 0. The van der Waals surface area contributed by atoms with Crippen LogP contribution in [0, 0.1) is 0 Å². The average molecular weight is 279 g/mol. The first-order chi connectivity index (χ1) is 7.64. The third kappa shape index (κ3) is 1.43. The highest BCUT2D eigenvalue weighted by Gasteiger charge is 2.48. The quantitative estimate of drug-likeness (QED) is 0.303. The lowest BCUT2D eigenvalue weighted by Crippen LogP contribution is -2.04. The van der Waals surface area contributed by atoms with Gasteiger partial charge in [0.05, 0.1) is 10.6 Å². The Morgan fingerprint density at radius 2 is 1.82 bits per heavy atom. The molecule has 9 heteroatoms. The number of phenols is 1. The van der Waals surface area contributed by atoms with Crippen LogP contribution in [0.2, 0.25) is 0 Å². The number of rotatable bonds is 2. The van der Waals surface area contributed by atoms with Crippen molar-refractivity contribution in [3.8, 4) is 5.75 Å². The number of hydrogen-bond donors (Lipinski definition) is 3. The van der Waals surface area contributed by atoms with Crippen molar-refractivity contribution in [3.63, 3.8) is 0 Å². The zero-order valence-corrected chi connectivity index (χ0v) is 10.3. The minimum Gasteiger partial charge on any atom is -0.504 e. The summed E-state index contributed by atoms with van der Waals surface area (Å²) < 4.78 is 54.2. The standard InChI is InChI=1S/C8H9NO6S2/c1-2-3-6(17(13,14)15)5(10)4(9)8-7(3)16(8,11)12/h10H,2,9H2,1H3,(H,13,14,15). The Bertz CT molecular complexity index is 732. The zero-order chi connectivity index (χ0) is 13.2. The van der Waals surface area contributed by atoms with Crippen LogP contribution in [0.4, 0.5) is 5.69 Å². The molecule has 1 heterocycles. The molecule has 0 saturated heterocycles. The predicted octanol–water partition coefficient (Wildman–Crippen LogP) is -0.0703. The van der Waals surface area contributed by atoms with Gasteiger partial charge >= 0.3 is 0 Å². The molecule has 17 heavy (non-hydrogen) atoms. The van der Waals surface area contributed by atoms with E-state index in [2.05, 4.69) is 0 Å². The van der Waals surface area contributed by atoms with E-state index in [-0.39, 0.29) is 21.8 Å². The van der Waals surface area contributed by atoms with Gasteiger partial charge in [-0.1, -0.05) is 6.92 Å². The lowest BCUT2D eigenvalue weighted by molar-refractivity contribution is 0.441. The van der Waals surface area contributed by atoms with Crippen LogP contribution in [0.15, 0.2) is 14.7 Å². The van der Waals surface area contributed by atoms with Gasteiger partial charge in [0.25, 0.3) is 10.1 Å². The SMILES string of the molecule is CCc1c(S(=O)(=O)O)c(O)c(N)c2c1S2(=O)=O. The molecule has 1 aliphatic rings. The fourth-order valence-corrected chi connectivity index (χ4v) is 4.59. The predicted molar refractivity (Wildman–Crippen MR) is 57.2 cm³/mol. The number of sulfone groups is 1. The molecule has 0 amide bonds. The number of hydrogen-bond acceptors (Lipinski definition) is 6. The smallest absolute Gasteiger partial charge is 0.298 e. The highest BCUT2D eigenvalue weighted by Crippen LogP contribution is 2.54. The van der Waals surface area contributed by atoms with Crippen molar-refractivity contribution in [2.45, 2.75) is 28.0 Å². The minimum absolute atomic E-state index is 0.0323. The zero-order valence-electron chi connectivity index (χ0n) is 8.63. The summed E-state index contributed by atoms with van der Waals surface area (Å²) in [5.41, 5.74) is 4.66. The van der Waals surface area contributed by atoms with Crippen molar-refractivity contribution >= 4 is 25.6 Å². The van der Waals surface area contributed by atoms with Crippen molar-refractivity contribution in [3.05, 3.63) is 5.56 Å². The monoisotopic (exact) mass is 279 g/mol. The van der Waals surface area contributed by atoms with Crippen molar-refractivity contribution in [2.24, 2.45) is 0 Å². The molecule has 94 valence electrons. The molecule has 0 bridgehead atoms. The number of fused-ring (bicyclic) bond motifs is 1. The fraction of sp³-hybridized carbons (Fsp3) is 0.250. The van der Waals surface area contributed by atoms with Gasteiger partial charge in [-0.2, -0.15) is 8.42 Å². The summed E-state index contributed by atoms with van der Waals surface area (Å²) in [4.78, 5) is -1.28. The Balaban J connectivity index is 3.01. The molecule has 0 unspecified atom stereocenters. The summed E-state index contributed by atoms with van der Waals surface area (Å²) in [7, 11) is -8.45. The Hall–Kier alpha value is -1.32. The Kier molecular flexibility index (Phi) is 2.23. The largest absolute Gasteiger partial charge is 0.504 e. The van der Waals surface area contributed by atoms with Crippen LogP contribution >= 0.6 is 0 Å². The number of anilines is 1. The van der Waals surface area contributed by atoms with E-state index in [1.165, 1.54) is 6.92 Å². The van der Waals surface area contributed by atoms with Crippen LogP contribution in [0.5, 0.6) is 5.75 Å². The molecule has 0 aliphatic carbocycles. The molecule has 0 spiro atoms. The van der Waals surface area contributed by atoms with E-state index in [1.807, 2.05) is 0 Å². The summed E-state index contributed by atoms with van der Waals surface area (Å²) in [6.07, 6.45) is 0.0323. The molecule has 1 aliphatic heterocycles. The van der Waals surface area contributed by atoms with Gasteiger partial charge < -0.3 is 10.8 Å². The van der Waals surface area contributed by atoms with Gasteiger partial charge in [0.1, 0.15) is 9.79 Å². The summed E-state index contributed by atoms with van der Waals surface area (Å²) in [6.45, 7) is 1.51. The first-order valence-corrected chi connectivity index (χ1v) is 7.46. The van der Waals surface area contributed by atoms with Crippen LogP contribution < -0.4 is 5.73 Å². The molecule has 2 rings (SSSR count). The Morgan fingerprint density at radius 1 is 1.29 bits per heavy atom. The van der Waals surface area contributed by atoms with E-state index in [9.17, 15) is 21.9 Å². The van der Waals surface area contributed by atoms with Gasteiger partial charge in [0.2, 0.25) is 9.84 Å². The molecule has 1 aromatic rings. The highest BCUT2D eigenvalue weighted by atomic mass is 32.2. The summed E-state index contributed by atoms with van der Waals surface area (Å²) in [5.74, 6) is -0.913. The van der Waals surface area contributed by atoms with E-state index < -0.39 is 36.3 Å². The Morgan fingerprint density at radius 3 is 2.24 bits per heavy atom. The van der Waals surface area contributed by atoms with Crippen molar-refractivity contribution in [2.75, 3.05) is 5.73 Å². The number of phenolic OH excluding ortho intramolecular Hbond substituents is 1. The van der Waals surface area contributed by atoms with Crippen molar-refractivity contribution in [1.82, 2.24) is 0 Å². The lowest BCUT2D eigenvalue weighted by atomic mass is 10.1. The van der Waals surface area contributed by atoms with E-state index in [0.29, 0.717) is 0 Å². The second-order valence-corrected chi connectivity index (χ2v) is 6.74. The van der Waals surface area contributed by atoms with Gasteiger partial charge in [0, 0.05) is 0 Å². The number of benzene rings is 1. The van der Waals surface area contributed by atoms with Gasteiger partial charge in [-0.3, -0.25) is 4.55 Å². The third-order valence-corrected chi connectivity index (χ3v) is 5.28. The van der Waals surface area contributed by atoms with Crippen LogP contribution in [0.3, 0.4) is 0 Å². The third-order valence-electron chi connectivity index (χ3n) is 2.58. The fourth-order valence-electron chi connectivity index (χ4n) is 1.84. The van der Waals surface area contributed by atoms with Gasteiger partial charge in [-0.15, -0.1) is 0 Å². The summed E-state index contributed by atoms with van der Waals surface area (Å²) in [6, 6.07) is 0. The molecule has 1 aromatic carbocycles. The topological polar surface area (TPSA) is 135 Å². The molecule has 0 radical (unpaired) electrons. The van der Waals surface area contributed by atoms with Crippen LogP contribution in [0.1, 0.15) is 12.5 Å². The number of aromatic hydroxyl groups is 1. The maximum atomic E-state index is 11.5. The van der Waals surface area contributed by atoms with Crippen molar-refractivity contribution < 1.29 is 26.5 Å². The van der Waals surface area contributed by atoms with Crippen LogP contribution in [0.25, 0.3) is 0 Å².